The topological polar surface area (TPSA) is 0 Å². The maximum absolute atomic E-state index is 2.33. The zero-order valence-corrected chi connectivity index (χ0v) is 13.5. The van der Waals surface area contributed by atoms with Crippen LogP contribution < -0.4 is 0 Å². The monoisotopic (exact) mass is 367 g/mol. The molecule has 0 aliphatic heterocycles. The Morgan fingerprint density at radius 1 is 1.00 bits per heavy atom. The molecule has 0 aromatic carbocycles. The Bertz CT molecular complexity index is 9.61. The van der Waals surface area contributed by atoms with E-state index in [-0.39, 0.29) is 65.4 Å². The summed E-state index contributed by atoms with van der Waals surface area (Å²) in [6, 6.07) is 0. The summed E-state index contributed by atoms with van der Waals surface area (Å²) in [7, 11) is 4.67. The molecule has 0 heterocycles. The van der Waals surface area contributed by atoms with E-state index < -0.39 is 0 Å². The summed E-state index contributed by atoms with van der Waals surface area (Å²) in [5, 5.41) is 0. The number of hydrogen-bond donors (Lipinski definition) is 0. The number of rotatable bonds is 0. The van der Waals surface area contributed by atoms with Crippen LogP contribution in [0.2, 0.25) is 0 Å². The van der Waals surface area contributed by atoms with E-state index in [1.807, 2.05) is 0 Å². The first-order valence-corrected chi connectivity index (χ1v) is 3.00. The van der Waals surface area contributed by atoms with Gasteiger partial charge in [-0.3, -0.25) is 0 Å². The van der Waals surface area contributed by atoms with Crippen molar-refractivity contribution < 1.29 is 17.1 Å². The number of hydrogen-bond acceptors (Lipinski definition) is 0. The van der Waals surface area contributed by atoms with Gasteiger partial charge in [-0.15, -0.1) is 17.9 Å². The molecule has 0 bridgehead atoms. The van der Waals surface area contributed by atoms with Gasteiger partial charge in [0.1, 0.15) is 0 Å². The van der Waals surface area contributed by atoms with Crippen molar-refractivity contribution in [2.45, 2.75) is 0 Å². The van der Waals surface area contributed by atoms with Gasteiger partial charge in [0.05, 0.1) is 0 Å². The van der Waals surface area contributed by atoms with E-state index >= 15 is 0 Å². The van der Waals surface area contributed by atoms with E-state index in [1.54, 1.807) is 0 Å². The van der Waals surface area contributed by atoms with Crippen LogP contribution in [0.4, 0.5) is 0 Å². The predicted octanol–water partition coefficient (Wildman–Crippen LogP) is -1.18. The molecular weight excluding hydrogens is 358 g/mol. The molecule has 0 saturated heterocycles. The molecule has 0 aromatic heterocycles. The van der Waals surface area contributed by atoms with E-state index in [2.05, 4.69) is 17.9 Å². The molecule has 0 N–H and O–H groups in total. The van der Waals surface area contributed by atoms with Crippen molar-refractivity contribution in [2.75, 3.05) is 0 Å². The van der Waals surface area contributed by atoms with Crippen LogP contribution in [0.5, 0.6) is 0 Å². The first-order chi connectivity index (χ1) is 1.00. The van der Waals surface area contributed by atoms with Gasteiger partial charge >= 0.3 is 48.3 Å². The summed E-state index contributed by atoms with van der Waals surface area (Å²) < 4.78 is 0. The summed E-state index contributed by atoms with van der Waals surface area (Å²) >= 11 is 0. The molecule has 0 fully saturated rings. The van der Waals surface area contributed by atoms with Crippen molar-refractivity contribution in [2.24, 2.45) is 0 Å². The zero-order valence-electron chi connectivity index (χ0n) is 2.79. The van der Waals surface area contributed by atoms with Crippen LogP contribution in [-0.4, -0.2) is 48.3 Å². The van der Waals surface area contributed by atoms with Crippen molar-refractivity contribution in [1.29, 1.82) is 0 Å². The fourth-order valence-electron chi connectivity index (χ4n) is 0. The van der Waals surface area contributed by atoms with Crippen molar-refractivity contribution in [3.8, 4) is 0 Å². The minimum absolute atomic E-state index is 0. The molecule has 5 heteroatoms. The molecule has 0 amide bonds. The average Bonchev–Trinajstić information content (AvgIpc) is 1.00. The van der Waals surface area contributed by atoms with Gasteiger partial charge in [-0.2, -0.15) is 0 Å². The van der Waals surface area contributed by atoms with Crippen LogP contribution in [0.3, 0.4) is 0 Å². The van der Waals surface area contributed by atoms with Crippen molar-refractivity contribution in [3.63, 3.8) is 0 Å². The molecule has 0 spiro atoms. The Morgan fingerprint density at radius 2 is 1.00 bits per heavy atom. The third-order valence-electron chi connectivity index (χ3n) is 0. The molecule has 0 aromatic rings. The van der Waals surface area contributed by atoms with Gasteiger partial charge in [-0.25, -0.2) is 0 Å². The molecular formula is H8FeP2SbSn. The minimum atomic E-state index is 0. The Kier molecular flexibility index (Phi) is 137. The van der Waals surface area contributed by atoms with Crippen molar-refractivity contribution in [1.82, 2.24) is 0 Å². The second-order valence-electron chi connectivity index (χ2n) is 0. The second-order valence-corrected chi connectivity index (χ2v) is 0. The molecule has 5 heavy (non-hydrogen) atoms. The quantitative estimate of drug-likeness (QED) is 0.374. The molecule has 2 atom stereocenters. The molecule has 0 nitrogen and oxygen atoms in total. The molecule has 0 rings (SSSR count). The Hall–Kier alpha value is 3.00. The standard InChI is InChI=1S/Fe.H4P2.Sb.Sn.4H/c;1-2;;;;;;/h;1-2H2;;;;;;. The Balaban J connectivity index is -0.00000000167. The summed E-state index contributed by atoms with van der Waals surface area (Å²) in [5.74, 6) is 0. The Morgan fingerprint density at radius 3 is 1.00 bits per heavy atom. The fourth-order valence-corrected chi connectivity index (χ4v) is 0. The van der Waals surface area contributed by atoms with Gasteiger partial charge in [0.15, 0.2) is 0 Å². The van der Waals surface area contributed by atoms with Crippen LogP contribution in [0.1, 0.15) is 0 Å². The maximum atomic E-state index is 2.33. The van der Waals surface area contributed by atoms with Crippen LogP contribution >= 0.6 is 17.9 Å². The van der Waals surface area contributed by atoms with Crippen molar-refractivity contribution >= 4 is 66.2 Å². The van der Waals surface area contributed by atoms with E-state index in [1.165, 1.54) is 0 Å². The fraction of sp³-hybridized carbons (Fsp3) is 0. The predicted molar refractivity (Wildman–Crippen MR) is 36.5 cm³/mol. The summed E-state index contributed by atoms with van der Waals surface area (Å²) in [6.45, 7) is 0. The van der Waals surface area contributed by atoms with Crippen LogP contribution in [0.15, 0.2) is 0 Å². The zero-order chi connectivity index (χ0) is 2.00. The van der Waals surface area contributed by atoms with E-state index in [0.29, 0.717) is 0 Å². The van der Waals surface area contributed by atoms with Crippen LogP contribution in [0, 0.1) is 0 Å². The van der Waals surface area contributed by atoms with Gasteiger partial charge in [0.2, 0.25) is 0 Å². The van der Waals surface area contributed by atoms with Gasteiger partial charge in [-0.05, 0) is 0 Å². The Labute approximate surface area is 82.2 Å². The second kappa shape index (κ2) is 28.0. The summed E-state index contributed by atoms with van der Waals surface area (Å²) in [4.78, 5) is 0. The van der Waals surface area contributed by atoms with Gasteiger partial charge in [-0.1, -0.05) is 0 Å². The summed E-state index contributed by atoms with van der Waals surface area (Å²) in [6.07, 6.45) is 0. The average molecular weight is 366 g/mol. The van der Waals surface area contributed by atoms with Gasteiger partial charge < -0.3 is 0 Å². The molecule has 0 aliphatic carbocycles. The molecule has 0 aliphatic rings. The molecule has 3 radical (unpaired) electrons. The third-order valence-corrected chi connectivity index (χ3v) is 0. The normalized spacial score (nSPS) is 1.20. The molecule has 2 unspecified atom stereocenters. The first-order valence-electron chi connectivity index (χ1n) is 0.333. The molecule has 35 valence electrons. The van der Waals surface area contributed by atoms with E-state index in [0.717, 1.165) is 0 Å². The SMILES string of the molecule is PP.[Fe].[SbH2].[SnH2]. The van der Waals surface area contributed by atoms with Crippen molar-refractivity contribution in [3.05, 3.63) is 0 Å². The first kappa shape index (κ1) is 24.5. The van der Waals surface area contributed by atoms with E-state index in [4.69, 9.17) is 0 Å². The van der Waals surface area contributed by atoms with Gasteiger partial charge in [0.25, 0.3) is 0 Å². The van der Waals surface area contributed by atoms with E-state index in [9.17, 15) is 0 Å². The molecule has 0 saturated carbocycles. The van der Waals surface area contributed by atoms with Crippen LogP contribution in [0.25, 0.3) is 0 Å². The third kappa shape index (κ3) is 19.5. The van der Waals surface area contributed by atoms with Crippen LogP contribution in [-0.2, 0) is 17.1 Å². The van der Waals surface area contributed by atoms with Gasteiger partial charge in [0, 0.05) is 17.1 Å². The summed E-state index contributed by atoms with van der Waals surface area (Å²) in [5.41, 5.74) is 0.